The van der Waals surface area contributed by atoms with Gasteiger partial charge in [0.05, 0.1) is 19.0 Å². The zero-order chi connectivity index (χ0) is 23.9. The lowest BCUT2D eigenvalue weighted by Crippen LogP contribution is -2.48. The average molecular weight is 481 g/mol. The van der Waals surface area contributed by atoms with E-state index in [0.717, 1.165) is 24.0 Å². The molecule has 5 nitrogen and oxygen atoms in total. The third kappa shape index (κ3) is 5.83. The van der Waals surface area contributed by atoms with Crippen LogP contribution in [0.4, 0.5) is 4.39 Å². The van der Waals surface area contributed by atoms with E-state index < -0.39 is 0 Å². The molecule has 2 amide bonds. The van der Waals surface area contributed by atoms with Gasteiger partial charge in [0.2, 0.25) is 11.8 Å². The molecule has 0 N–H and O–H groups in total. The van der Waals surface area contributed by atoms with Crippen molar-refractivity contribution in [2.75, 3.05) is 26.2 Å². The van der Waals surface area contributed by atoms with Gasteiger partial charge in [-0.25, -0.2) is 4.39 Å². The first-order valence-electron chi connectivity index (χ1n) is 11.6. The number of carbonyl (C=O) groups excluding carboxylic acids is 2. The van der Waals surface area contributed by atoms with Crippen LogP contribution in [-0.2, 0) is 22.4 Å². The van der Waals surface area contributed by atoms with Gasteiger partial charge >= 0.3 is 0 Å². The quantitative estimate of drug-likeness (QED) is 0.439. The minimum atomic E-state index is -0.321. The van der Waals surface area contributed by atoms with Gasteiger partial charge < -0.3 is 14.5 Å². The number of thiophene rings is 1. The Bertz CT molecular complexity index is 1100. The number of hydrogen-bond donors (Lipinski definition) is 0. The Morgan fingerprint density at radius 2 is 1.88 bits per heavy atom. The second-order valence-electron chi connectivity index (χ2n) is 8.39. The number of ether oxygens (including phenoxy) is 1. The summed E-state index contributed by atoms with van der Waals surface area (Å²) in [7, 11) is 0. The Labute approximate surface area is 203 Å². The van der Waals surface area contributed by atoms with Gasteiger partial charge in [-0.3, -0.25) is 9.59 Å². The van der Waals surface area contributed by atoms with Gasteiger partial charge in [0.1, 0.15) is 18.2 Å². The summed E-state index contributed by atoms with van der Waals surface area (Å²) in [5.41, 5.74) is 2.02. The molecule has 7 heteroatoms. The molecular weight excluding hydrogens is 451 g/mol. The van der Waals surface area contributed by atoms with Gasteiger partial charge in [-0.05, 0) is 59.7 Å². The van der Waals surface area contributed by atoms with Crippen molar-refractivity contribution in [3.63, 3.8) is 0 Å². The second-order valence-corrected chi connectivity index (χ2v) is 9.40. The van der Waals surface area contributed by atoms with Crippen molar-refractivity contribution >= 4 is 23.2 Å². The molecule has 0 fully saturated rings. The van der Waals surface area contributed by atoms with Gasteiger partial charge in [-0.15, -0.1) is 11.3 Å². The number of halogens is 1. The van der Waals surface area contributed by atoms with E-state index in [1.807, 2.05) is 53.6 Å². The molecule has 1 aliphatic rings. The highest BCUT2D eigenvalue weighted by atomic mass is 32.1. The van der Waals surface area contributed by atoms with Crippen LogP contribution >= 0.6 is 11.3 Å². The van der Waals surface area contributed by atoms with Crippen molar-refractivity contribution in [2.24, 2.45) is 0 Å². The first kappa shape index (κ1) is 24.0. The van der Waals surface area contributed by atoms with Crippen LogP contribution in [0.2, 0.25) is 0 Å². The monoisotopic (exact) mass is 480 g/mol. The summed E-state index contributed by atoms with van der Waals surface area (Å²) in [6.45, 7) is 3.44. The Morgan fingerprint density at radius 3 is 2.62 bits per heavy atom. The van der Waals surface area contributed by atoms with Crippen LogP contribution in [0, 0.1) is 5.82 Å². The molecule has 0 bridgehead atoms. The van der Waals surface area contributed by atoms with E-state index in [0.29, 0.717) is 18.8 Å². The summed E-state index contributed by atoms with van der Waals surface area (Å²) in [5.74, 6) is 0.105. The standard InChI is InChI=1S/C27H29FN2O3S/c1-2-14-29(26(31)17-20-6-4-3-5-7-20)18-27(32)30-15-12-25-23(13-16-34-25)24(30)19-33-22-10-8-21(28)9-11-22/h3-11,13,16,24H,2,12,14-15,17-19H2,1H3/t24-/m0/s1. The number of amides is 2. The molecule has 0 saturated carbocycles. The first-order chi connectivity index (χ1) is 16.5. The summed E-state index contributed by atoms with van der Waals surface area (Å²) in [4.78, 5) is 31.2. The maximum Gasteiger partial charge on any atom is 0.242 e. The fourth-order valence-electron chi connectivity index (χ4n) is 4.28. The van der Waals surface area contributed by atoms with Crippen LogP contribution in [0.5, 0.6) is 5.75 Å². The molecule has 2 heterocycles. The highest BCUT2D eigenvalue weighted by Crippen LogP contribution is 2.34. The van der Waals surface area contributed by atoms with E-state index >= 15 is 0 Å². The number of benzene rings is 2. The number of fused-ring (bicyclic) bond motifs is 1. The van der Waals surface area contributed by atoms with Gasteiger partial charge in [0, 0.05) is 18.0 Å². The molecule has 0 unspecified atom stereocenters. The zero-order valence-corrected chi connectivity index (χ0v) is 20.1. The SMILES string of the molecule is CCCN(CC(=O)N1CCc2sccc2[C@@H]1COc1ccc(F)cc1)C(=O)Cc1ccccc1. The van der Waals surface area contributed by atoms with Crippen molar-refractivity contribution in [3.8, 4) is 5.75 Å². The largest absolute Gasteiger partial charge is 0.491 e. The minimum absolute atomic E-state index is 0.0475. The molecule has 1 aromatic heterocycles. The third-order valence-electron chi connectivity index (χ3n) is 6.01. The number of rotatable bonds is 9. The van der Waals surface area contributed by atoms with Crippen LogP contribution in [0.25, 0.3) is 0 Å². The van der Waals surface area contributed by atoms with Crippen molar-refractivity contribution in [1.29, 1.82) is 0 Å². The van der Waals surface area contributed by atoms with Crippen LogP contribution in [0.15, 0.2) is 66.0 Å². The molecule has 178 valence electrons. The summed E-state index contributed by atoms with van der Waals surface area (Å²) >= 11 is 1.69. The Kier molecular flexibility index (Phi) is 7.95. The van der Waals surface area contributed by atoms with E-state index in [9.17, 15) is 14.0 Å². The maximum absolute atomic E-state index is 13.5. The van der Waals surface area contributed by atoms with Crippen molar-refractivity contribution in [1.82, 2.24) is 9.80 Å². The molecule has 1 aliphatic heterocycles. The van der Waals surface area contributed by atoms with Gasteiger partial charge in [-0.2, -0.15) is 0 Å². The average Bonchev–Trinajstić information content (AvgIpc) is 3.33. The van der Waals surface area contributed by atoms with E-state index in [1.165, 1.54) is 17.0 Å². The molecule has 4 rings (SSSR count). The van der Waals surface area contributed by atoms with Crippen LogP contribution in [-0.4, -0.2) is 47.9 Å². The summed E-state index contributed by atoms with van der Waals surface area (Å²) in [6, 6.07) is 17.3. The molecule has 34 heavy (non-hydrogen) atoms. The summed E-state index contributed by atoms with van der Waals surface area (Å²) in [6.07, 6.45) is 1.84. The lowest BCUT2D eigenvalue weighted by molar-refractivity contribution is -0.142. The highest BCUT2D eigenvalue weighted by Gasteiger charge is 2.33. The molecule has 0 aliphatic carbocycles. The van der Waals surface area contributed by atoms with Crippen LogP contribution in [0.3, 0.4) is 0 Å². The van der Waals surface area contributed by atoms with E-state index in [2.05, 4.69) is 0 Å². The molecule has 2 aromatic carbocycles. The highest BCUT2D eigenvalue weighted by molar-refractivity contribution is 7.10. The smallest absolute Gasteiger partial charge is 0.242 e. The minimum Gasteiger partial charge on any atom is -0.491 e. The third-order valence-corrected chi connectivity index (χ3v) is 7.00. The molecular formula is C27H29FN2O3S. The van der Waals surface area contributed by atoms with E-state index in [4.69, 9.17) is 4.74 Å². The maximum atomic E-state index is 13.5. The van der Waals surface area contributed by atoms with Crippen molar-refractivity contribution in [3.05, 3.63) is 87.9 Å². The number of hydrogen-bond acceptors (Lipinski definition) is 4. The fourth-order valence-corrected chi connectivity index (χ4v) is 5.21. The normalized spacial score (nSPS) is 15.0. The fraction of sp³-hybridized carbons (Fsp3) is 0.333. The van der Waals surface area contributed by atoms with Gasteiger partial charge in [0.25, 0.3) is 0 Å². The van der Waals surface area contributed by atoms with Gasteiger partial charge in [0.15, 0.2) is 0 Å². The van der Waals surface area contributed by atoms with Crippen molar-refractivity contribution < 1.29 is 18.7 Å². The lowest BCUT2D eigenvalue weighted by Gasteiger charge is -2.37. The van der Waals surface area contributed by atoms with Crippen LogP contribution < -0.4 is 4.74 Å². The number of nitrogens with zero attached hydrogens (tertiary/aromatic N) is 2. The topological polar surface area (TPSA) is 49.9 Å². The zero-order valence-electron chi connectivity index (χ0n) is 19.3. The van der Waals surface area contributed by atoms with E-state index in [-0.39, 0.29) is 43.2 Å². The summed E-state index contributed by atoms with van der Waals surface area (Å²) < 4.78 is 19.2. The molecule has 0 radical (unpaired) electrons. The predicted octanol–water partition coefficient (Wildman–Crippen LogP) is 4.87. The van der Waals surface area contributed by atoms with E-state index in [1.54, 1.807) is 28.4 Å². The Balaban J connectivity index is 1.47. The molecule has 0 saturated heterocycles. The van der Waals surface area contributed by atoms with Gasteiger partial charge in [-0.1, -0.05) is 37.3 Å². The molecule has 3 aromatic rings. The number of carbonyl (C=O) groups is 2. The molecule has 0 spiro atoms. The molecule has 1 atom stereocenters. The summed E-state index contributed by atoms with van der Waals surface area (Å²) in [5, 5.41) is 2.04. The Morgan fingerprint density at radius 1 is 1.12 bits per heavy atom. The Hall–Kier alpha value is -3.19. The first-order valence-corrected chi connectivity index (χ1v) is 12.5. The predicted molar refractivity (Wildman–Crippen MR) is 131 cm³/mol. The van der Waals surface area contributed by atoms with Crippen LogP contribution in [0.1, 0.15) is 35.4 Å². The van der Waals surface area contributed by atoms with Crippen molar-refractivity contribution in [2.45, 2.75) is 32.2 Å². The second kappa shape index (κ2) is 11.3. The lowest BCUT2D eigenvalue weighted by atomic mass is 10.0.